The summed E-state index contributed by atoms with van der Waals surface area (Å²) in [5, 5.41) is 0.411. The Morgan fingerprint density at radius 2 is 1.13 bits per heavy atom. The minimum Gasteiger partial charge on any atom is -0.0682 e. The number of rotatable bonds is 1. The maximum absolute atomic E-state index is 2.61. The Morgan fingerprint density at radius 1 is 0.733 bits per heavy atom. The van der Waals surface area contributed by atoms with Gasteiger partial charge in [0.1, 0.15) is 7.28 Å². The topological polar surface area (TPSA) is 0 Å². The fraction of sp³-hybridized carbons (Fsp3) is 1.00. The van der Waals surface area contributed by atoms with Gasteiger partial charge in [-0.25, -0.2) is 0 Å². The summed E-state index contributed by atoms with van der Waals surface area (Å²) in [5.74, 6) is 0.892. The SMILES string of the molecule is CC(C)(C)[B]C1CCCCCCCCC1. The molecule has 0 atom stereocenters. The van der Waals surface area contributed by atoms with Crippen LogP contribution in [-0.2, 0) is 0 Å². The Kier molecular flexibility index (Phi) is 5.78. The first-order valence-corrected chi connectivity index (χ1v) is 6.94. The summed E-state index contributed by atoms with van der Waals surface area (Å²) >= 11 is 0. The van der Waals surface area contributed by atoms with E-state index in [1.165, 1.54) is 57.8 Å². The maximum Gasteiger partial charge on any atom is 0.120 e. The largest absolute Gasteiger partial charge is 0.120 e. The van der Waals surface area contributed by atoms with Crippen molar-refractivity contribution in [3.8, 4) is 0 Å². The molecule has 0 heterocycles. The fourth-order valence-electron chi connectivity index (χ4n) is 2.72. The van der Waals surface area contributed by atoms with Gasteiger partial charge >= 0.3 is 0 Å². The summed E-state index contributed by atoms with van der Waals surface area (Å²) in [6.07, 6.45) is 13.2. The van der Waals surface area contributed by atoms with E-state index in [9.17, 15) is 0 Å². The highest BCUT2D eigenvalue weighted by molar-refractivity contribution is 6.41. The molecule has 1 fully saturated rings. The zero-order chi connectivity index (χ0) is 11.1. The van der Waals surface area contributed by atoms with Crippen LogP contribution in [0.3, 0.4) is 0 Å². The summed E-state index contributed by atoms with van der Waals surface area (Å²) in [6.45, 7) is 7.02. The normalized spacial score (nSPS) is 22.3. The van der Waals surface area contributed by atoms with Crippen molar-refractivity contribution >= 4 is 7.28 Å². The zero-order valence-electron chi connectivity index (χ0n) is 11.0. The van der Waals surface area contributed by atoms with Gasteiger partial charge in [-0.2, -0.15) is 0 Å². The first-order valence-electron chi connectivity index (χ1n) is 6.94. The molecule has 0 spiro atoms. The van der Waals surface area contributed by atoms with Crippen molar-refractivity contribution in [2.75, 3.05) is 0 Å². The first kappa shape index (κ1) is 13.1. The van der Waals surface area contributed by atoms with Crippen LogP contribution in [0.4, 0.5) is 0 Å². The van der Waals surface area contributed by atoms with E-state index < -0.39 is 0 Å². The van der Waals surface area contributed by atoms with E-state index in [4.69, 9.17) is 0 Å². The molecule has 1 aliphatic rings. The minimum absolute atomic E-state index is 0.411. The third kappa shape index (κ3) is 7.03. The van der Waals surface area contributed by atoms with Gasteiger partial charge in [0.15, 0.2) is 0 Å². The van der Waals surface area contributed by atoms with Gasteiger partial charge in [-0.05, 0) is 0 Å². The monoisotopic (exact) mass is 207 g/mol. The first-order chi connectivity index (χ1) is 7.08. The molecule has 0 aromatic carbocycles. The highest BCUT2D eigenvalue weighted by Gasteiger charge is 2.20. The van der Waals surface area contributed by atoms with Crippen LogP contribution in [0.15, 0.2) is 0 Å². The predicted molar refractivity (Wildman–Crippen MR) is 70.8 cm³/mol. The molecule has 0 aromatic heterocycles. The molecule has 0 aromatic rings. The quantitative estimate of drug-likeness (QED) is 0.517. The number of hydrogen-bond acceptors (Lipinski definition) is 0. The Balaban J connectivity index is 2.31. The van der Waals surface area contributed by atoms with Crippen LogP contribution in [0.25, 0.3) is 0 Å². The summed E-state index contributed by atoms with van der Waals surface area (Å²) in [4.78, 5) is 0. The van der Waals surface area contributed by atoms with Crippen LogP contribution in [-0.4, -0.2) is 7.28 Å². The third-order valence-corrected chi connectivity index (χ3v) is 3.39. The molecule has 87 valence electrons. The van der Waals surface area contributed by atoms with Crippen molar-refractivity contribution in [1.82, 2.24) is 0 Å². The van der Waals surface area contributed by atoms with Crippen molar-refractivity contribution in [3.05, 3.63) is 0 Å². The predicted octanol–water partition coefficient (Wildman–Crippen LogP) is 5.22. The molecule has 1 saturated carbocycles. The lowest BCUT2D eigenvalue weighted by Gasteiger charge is -2.25. The molecule has 0 saturated heterocycles. The Morgan fingerprint density at radius 3 is 1.53 bits per heavy atom. The lowest BCUT2D eigenvalue weighted by molar-refractivity contribution is 0.497. The summed E-state index contributed by atoms with van der Waals surface area (Å²) in [6, 6.07) is 0. The van der Waals surface area contributed by atoms with Crippen LogP contribution < -0.4 is 0 Å². The maximum atomic E-state index is 2.61. The zero-order valence-corrected chi connectivity index (χ0v) is 11.0. The summed E-state index contributed by atoms with van der Waals surface area (Å²) in [5.41, 5.74) is 0. The van der Waals surface area contributed by atoms with E-state index in [2.05, 4.69) is 28.1 Å². The Bertz CT molecular complexity index is 147. The van der Waals surface area contributed by atoms with E-state index >= 15 is 0 Å². The van der Waals surface area contributed by atoms with Gasteiger partial charge in [0.25, 0.3) is 0 Å². The minimum atomic E-state index is 0.411. The molecule has 1 rings (SSSR count). The molecule has 0 bridgehead atoms. The Labute approximate surface area is 97.5 Å². The molecular weight excluding hydrogens is 179 g/mol. The lowest BCUT2D eigenvalue weighted by atomic mass is 9.46. The van der Waals surface area contributed by atoms with Crippen molar-refractivity contribution in [1.29, 1.82) is 0 Å². The van der Waals surface area contributed by atoms with Crippen molar-refractivity contribution in [2.24, 2.45) is 0 Å². The Hall–Kier alpha value is 0.0649. The van der Waals surface area contributed by atoms with E-state index in [0.717, 1.165) is 5.82 Å². The smallest absolute Gasteiger partial charge is 0.0682 e. The van der Waals surface area contributed by atoms with E-state index in [1.807, 2.05) is 0 Å². The van der Waals surface area contributed by atoms with Gasteiger partial charge in [-0.3, -0.25) is 0 Å². The molecular formula is C14H28B. The molecule has 0 unspecified atom stereocenters. The van der Waals surface area contributed by atoms with Gasteiger partial charge in [-0.1, -0.05) is 89.7 Å². The number of hydrogen-bond donors (Lipinski definition) is 0. The molecule has 0 aliphatic heterocycles. The second kappa shape index (κ2) is 6.61. The highest BCUT2D eigenvalue weighted by atomic mass is 14.1. The highest BCUT2D eigenvalue weighted by Crippen LogP contribution is 2.33. The molecule has 1 radical (unpaired) electrons. The van der Waals surface area contributed by atoms with E-state index in [0.29, 0.717) is 5.31 Å². The molecule has 1 aliphatic carbocycles. The van der Waals surface area contributed by atoms with Crippen molar-refractivity contribution in [3.63, 3.8) is 0 Å². The molecule has 0 nitrogen and oxygen atoms in total. The van der Waals surface area contributed by atoms with Crippen LogP contribution in [0.5, 0.6) is 0 Å². The lowest BCUT2D eigenvalue weighted by Crippen LogP contribution is -2.15. The average molecular weight is 207 g/mol. The van der Waals surface area contributed by atoms with E-state index in [1.54, 1.807) is 0 Å². The summed E-state index contributed by atoms with van der Waals surface area (Å²) in [7, 11) is 2.61. The van der Waals surface area contributed by atoms with Crippen LogP contribution >= 0.6 is 0 Å². The van der Waals surface area contributed by atoms with Gasteiger partial charge in [0, 0.05) is 0 Å². The molecule has 0 amide bonds. The van der Waals surface area contributed by atoms with Gasteiger partial charge in [0.2, 0.25) is 0 Å². The molecule has 1 heteroatoms. The fourth-order valence-corrected chi connectivity index (χ4v) is 2.72. The standard InChI is InChI=1S/C14H28B/c1-14(2,3)15-13-11-9-7-5-4-6-8-10-12-13/h13H,4-12H2,1-3H3. The van der Waals surface area contributed by atoms with Crippen LogP contribution in [0.1, 0.15) is 78.6 Å². The molecule has 15 heavy (non-hydrogen) atoms. The van der Waals surface area contributed by atoms with E-state index in [-0.39, 0.29) is 0 Å². The van der Waals surface area contributed by atoms with Gasteiger partial charge in [0.05, 0.1) is 0 Å². The van der Waals surface area contributed by atoms with Gasteiger partial charge < -0.3 is 0 Å². The average Bonchev–Trinajstić information content (AvgIpc) is 2.13. The van der Waals surface area contributed by atoms with Crippen LogP contribution in [0, 0.1) is 0 Å². The second-order valence-electron chi connectivity index (χ2n) is 6.34. The van der Waals surface area contributed by atoms with Crippen molar-refractivity contribution in [2.45, 2.75) is 89.7 Å². The van der Waals surface area contributed by atoms with Gasteiger partial charge in [-0.15, -0.1) is 0 Å². The van der Waals surface area contributed by atoms with Crippen LogP contribution in [0.2, 0.25) is 11.1 Å². The molecule has 0 N–H and O–H groups in total. The second-order valence-corrected chi connectivity index (χ2v) is 6.34. The summed E-state index contributed by atoms with van der Waals surface area (Å²) < 4.78 is 0. The third-order valence-electron chi connectivity index (χ3n) is 3.39. The van der Waals surface area contributed by atoms with Crippen molar-refractivity contribution < 1.29 is 0 Å².